The number of para-hydroxylation sites is 1. The van der Waals surface area contributed by atoms with Crippen molar-refractivity contribution in [2.75, 3.05) is 18.0 Å². The molecule has 1 aromatic carbocycles. The van der Waals surface area contributed by atoms with Gasteiger partial charge in [0, 0.05) is 30.9 Å². The second-order valence-corrected chi connectivity index (χ2v) is 6.24. The summed E-state index contributed by atoms with van der Waals surface area (Å²) in [6, 6.07) is 8.86. The lowest BCUT2D eigenvalue weighted by atomic mass is 9.92. The summed E-state index contributed by atoms with van der Waals surface area (Å²) in [5.74, 6) is 0.692. The molecule has 0 aromatic heterocycles. The van der Waals surface area contributed by atoms with Crippen molar-refractivity contribution in [3.63, 3.8) is 0 Å². The van der Waals surface area contributed by atoms with E-state index in [4.69, 9.17) is 0 Å². The monoisotopic (exact) mass is 260 g/mol. The summed E-state index contributed by atoms with van der Waals surface area (Å²) >= 11 is 0. The van der Waals surface area contributed by atoms with Gasteiger partial charge in [0.1, 0.15) is 0 Å². The number of anilines is 1. The minimum Gasteiger partial charge on any atom is -0.369 e. The van der Waals surface area contributed by atoms with Gasteiger partial charge in [0.25, 0.3) is 0 Å². The van der Waals surface area contributed by atoms with E-state index in [0.717, 1.165) is 19.6 Å². The Labute approximate surface area is 118 Å². The fourth-order valence-corrected chi connectivity index (χ4v) is 3.09. The van der Waals surface area contributed by atoms with Crippen LogP contribution in [0.25, 0.3) is 0 Å². The van der Waals surface area contributed by atoms with Crippen LogP contribution in [0.15, 0.2) is 24.3 Å². The van der Waals surface area contributed by atoms with Crippen molar-refractivity contribution < 1.29 is 0 Å². The van der Waals surface area contributed by atoms with Crippen molar-refractivity contribution in [2.45, 2.75) is 52.6 Å². The summed E-state index contributed by atoms with van der Waals surface area (Å²) in [6.45, 7) is 12.5. The first-order chi connectivity index (χ1) is 9.10. The second-order valence-electron chi connectivity index (χ2n) is 6.24. The summed E-state index contributed by atoms with van der Waals surface area (Å²) in [5, 5.41) is 3.81. The molecule has 0 saturated heterocycles. The highest BCUT2D eigenvalue weighted by atomic mass is 15.2. The Morgan fingerprint density at radius 1 is 1.21 bits per heavy atom. The lowest BCUT2D eigenvalue weighted by Crippen LogP contribution is -2.51. The molecule has 0 saturated carbocycles. The molecule has 19 heavy (non-hydrogen) atoms. The highest BCUT2D eigenvalue weighted by molar-refractivity contribution is 5.55. The summed E-state index contributed by atoms with van der Waals surface area (Å²) in [5.41, 5.74) is 3.12. The Morgan fingerprint density at radius 3 is 2.53 bits per heavy atom. The highest BCUT2D eigenvalue weighted by Gasteiger charge is 2.32. The maximum Gasteiger partial charge on any atom is 0.0412 e. The molecule has 1 aromatic rings. The van der Waals surface area contributed by atoms with E-state index < -0.39 is 0 Å². The fraction of sp³-hybridized carbons (Fsp3) is 0.647. The fourth-order valence-electron chi connectivity index (χ4n) is 3.09. The van der Waals surface area contributed by atoms with Gasteiger partial charge in [0.2, 0.25) is 0 Å². The molecule has 0 aliphatic carbocycles. The van der Waals surface area contributed by atoms with Crippen LogP contribution < -0.4 is 10.2 Å². The zero-order valence-electron chi connectivity index (χ0n) is 12.9. The molecule has 0 bridgehead atoms. The quantitative estimate of drug-likeness (QED) is 0.885. The lowest BCUT2D eigenvalue weighted by molar-refractivity contribution is 0.304. The van der Waals surface area contributed by atoms with Crippen LogP contribution in [0.1, 0.15) is 46.1 Å². The Morgan fingerprint density at radius 2 is 1.89 bits per heavy atom. The molecule has 0 atom stereocenters. The average molecular weight is 260 g/mol. The van der Waals surface area contributed by atoms with Crippen molar-refractivity contribution >= 4 is 5.69 Å². The molecule has 1 aliphatic heterocycles. The molecule has 2 nitrogen and oxygen atoms in total. The predicted octanol–water partition coefficient (Wildman–Crippen LogP) is 3.81. The van der Waals surface area contributed by atoms with Crippen LogP contribution >= 0.6 is 0 Å². The third kappa shape index (κ3) is 3.11. The molecular formula is C17H28N2. The van der Waals surface area contributed by atoms with Crippen LogP contribution in [-0.2, 0) is 6.54 Å². The zero-order chi connectivity index (χ0) is 13.9. The Hall–Kier alpha value is -1.02. The largest absolute Gasteiger partial charge is 0.369 e. The Kier molecular flexibility index (Phi) is 4.51. The van der Waals surface area contributed by atoms with Gasteiger partial charge in [-0.2, -0.15) is 0 Å². The third-order valence-corrected chi connectivity index (χ3v) is 4.42. The molecule has 106 valence electrons. The SMILES string of the molecule is CCC1(CC)CN(CC(C)C)c2ccccc2CN1. The van der Waals surface area contributed by atoms with Gasteiger partial charge < -0.3 is 10.2 Å². The van der Waals surface area contributed by atoms with Crippen LogP contribution in [-0.4, -0.2) is 18.6 Å². The van der Waals surface area contributed by atoms with Crippen LogP contribution in [0.2, 0.25) is 0 Å². The summed E-state index contributed by atoms with van der Waals surface area (Å²) < 4.78 is 0. The summed E-state index contributed by atoms with van der Waals surface area (Å²) in [7, 11) is 0. The van der Waals surface area contributed by atoms with Crippen LogP contribution in [0.5, 0.6) is 0 Å². The molecule has 0 amide bonds. The van der Waals surface area contributed by atoms with Crippen molar-refractivity contribution in [1.82, 2.24) is 5.32 Å². The maximum absolute atomic E-state index is 3.81. The van der Waals surface area contributed by atoms with Gasteiger partial charge in [-0.1, -0.05) is 45.9 Å². The number of benzene rings is 1. The molecule has 0 radical (unpaired) electrons. The molecule has 2 heteroatoms. The van der Waals surface area contributed by atoms with Crippen LogP contribution in [0.4, 0.5) is 5.69 Å². The normalized spacial score (nSPS) is 18.3. The van der Waals surface area contributed by atoms with Gasteiger partial charge in [0.15, 0.2) is 0 Å². The predicted molar refractivity (Wildman–Crippen MR) is 83.6 cm³/mol. The van der Waals surface area contributed by atoms with E-state index in [2.05, 4.69) is 62.2 Å². The van der Waals surface area contributed by atoms with E-state index in [-0.39, 0.29) is 5.54 Å². The Balaban J connectivity index is 2.34. The molecule has 1 heterocycles. The third-order valence-electron chi connectivity index (χ3n) is 4.42. The first-order valence-electron chi connectivity index (χ1n) is 7.68. The van der Waals surface area contributed by atoms with Crippen molar-refractivity contribution in [2.24, 2.45) is 5.92 Å². The second kappa shape index (κ2) is 5.96. The topological polar surface area (TPSA) is 15.3 Å². The van der Waals surface area contributed by atoms with Crippen LogP contribution in [0, 0.1) is 5.92 Å². The average Bonchev–Trinajstić information content (AvgIpc) is 2.57. The Bertz CT molecular complexity index is 407. The van der Waals surface area contributed by atoms with Crippen LogP contribution in [0.3, 0.4) is 0 Å². The molecule has 1 aliphatic rings. The molecule has 0 fully saturated rings. The van der Waals surface area contributed by atoms with Gasteiger partial charge in [-0.25, -0.2) is 0 Å². The van der Waals surface area contributed by atoms with Gasteiger partial charge in [-0.15, -0.1) is 0 Å². The van der Waals surface area contributed by atoms with E-state index in [1.807, 2.05) is 0 Å². The standard InChI is InChI=1S/C17H28N2/c1-5-17(6-2)13-19(12-14(3)4)16-10-8-7-9-15(16)11-18-17/h7-10,14,18H,5-6,11-13H2,1-4H3. The van der Waals surface area contributed by atoms with E-state index in [0.29, 0.717) is 5.92 Å². The molecule has 1 N–H and O–H groups in total. The highest BCUT2D eigenvalue weighted by Crippen LogP contribution is 2.30. The maximum atomic E-state index is 3.81. The summed E-state index contributed by atoms with van der Waals surface area (Å²) in [6.07, 6.45) is 2.37. The minimum atomic E-state index is 0.258. The first-order valence-corrected chi connectivity index (χ1v) is 7.68. The number of fused-ring (bicyclic) bond motifs is 1. The number of nitrogens with zero attached hydrogens (tertiary/aromatic N) is 1. The van der Waals surface area contributed by atoms with Crippen molar-refractivity contribution in [3.05, 3.63) is 29.8 Å². The molecular weight excluding hydrogens is 232 g/mol. The zero-order valence-corrected chi connectivity index (χ0v) is 12.9. The molecule has 0 unspecified atom stereocenters. The van der Waals surface area contributed by atoms with Gasteiger partial charge in [0.05, 0.1) is 0 Å². The number of hydrogen-bond acceptors (Lipinski definition) is 2. The first kappa shape index (κ1) is 14.4. The number of nitrogens with one attached hydrogen (secondary N) is 1. The molecule has 2 rings (SSSR count). The summed E-state index contributed by atoms with van der Waals surface area (Å²) in [4.78, 5) is 2.59. The van der Waals surface area contributed by atoms with Gasteiger partial charge >= 0.3 is 0 Å². The number of rotatable bonds is 4. The molecule has 0 spiro atoms. The van der Waals surface area contributed by atoms with E-state index in [1.54, 1.807) is 0 Å². The van der Waals surface area contributed by atoms with E-state index in [1.165, 1.54) is 24.1 Å². The van der Waals surface area contributed by atoms with Crippen molar-refractivity contribution in [1.29, 1.82) is 0 Å². The van der Waals surface area contributed by atoms with Crippen molar-refractivity contribution in [3.8, 4) is 0 Å². The minimum absolute atomic E-state index is 0.258. The van der Waals surface area contributed by atoms with E-state index >= 15 is 0 Å². The van der Waals surface area contributed by atoms with Gasteiger partial charge in [-0.3, -0.25) is 0 Å². The smallest absolute Gasteiger partial charge is 0.0412 e. The number of hydrogen-bond donors (Lipinski definition) is 1. The lowest BCUT2D eigenvalue weighted by Gasteiger charge is -2.37. The van der Waals surface area contributed by atoms with Gasteiger partial charge in [-0.05, 0) is 30.4 Å². The van der Waals surface area contributed by atoms with E-state index in [9.17, 15) is 0 Å².